The second-order valence-corrected chi connectivity index (χ2v) is 0.577. The molecule has 0 rings (SSSR count). The van der Waals surface area contributed by atoms with E-state index in [1.807, 2.05) is 20.3 Å². The van der Waals surface area contributed by atoms with Gasteiger partial charge in [0.2, 0.25) is 0 Å². The van der Waals surface area contributed by atoms with Gasteiger partial charge in [-0.1, -0.05) is 0 Å². The van der Waals surface area contributed by atoms with Gasteiger partial charge in [0.15, 0.2) is 0 Å². The van der Waals surface area contributed by atoms with E-state index in [0.29, 0.717) is 0 Å². The smallest absolute Gasteiger partial charge is 0 e. The third kappa shape index (κ3) is 70.5. The molecule has 0 N–H and O–H groups in total. The second kappa shape index (κ2) is 35.9. The topological polar surface area (TPSA) is 0 Å². The molecule has 6 heavy (non-hydrogen) atoms. The van der Waals surface area contributed by atoms with Crippen molar-refractivity contribution in [3.63, 3.8) is 0 Å². The Morgan fingerprint density at radius 1 is 1.67 bits per heavy atom. The van der Waals surface area contributed by atoms with Gasteiger partial charge < -0.3 is 13.3 Å². The predicted octanol–water partition coefficient (Wildman–Crippen LogP) is 2.07. The Morgan fingerprint density at radius 3 is 1.67 bits per heavy atom. The van der Waals surface area contributed by atoms with Crippen molar-refractivity contribution in [3.8, 4) is 0 Å². The molecule has 0 aliphatic heterocycles. The summed E-state index contributed by atoms with van der Waals surface area (Å²) in [5.74, 6) is 0. The van der Waals surface area contributed by atoms with Gasteiger partial charge >= 0.3 is 0 Å². The molecule has 0 spiro atoms. The minimum absolute atomic E-state index is 0. The maximum atomic E-state index is 6.08. The molecule has 1 radical (unpaired) electrons. The Labute approximate surface area is 68.0 Å². The summed E-state index contributed by atoms with van der Waals surface area (Å²) in [5.41, 5.74) is 0. The van der Waals surface area contributed by atoms with E-state index in [0.717, 1.165) is 0 Å². The Bertz CT molecular complexity index is 10.0. The molecule has 0 aliphatic carbocycles. The minimum atomic E-state index is 0. The van der Waals surface area contributed by atoms with Crippen LogP contribution in [-0.2, 0) is 32.7 Å². The van der Waals surface area contributed by atoms with Crippen molar-refractivity contribution >= 4 is 0 Å². The van der Waals surface area contributed by atoms with Gasteiger partial charge in [-0.05, 0) is 0 Å². The first-order chi connectivity index (χ1) is 2.83. The Hall–Kier alpha value is 1.10. The third-order valence-corrected chi connectivity index (χ3v) is 0. The molecule has 0 aromatic rings. The van der Waals surface area contributed by atoms with Crippen molar-refractivity contribution in [2.75, 3.05) is 0 Å². The van der Waals surface area contributed by atoms with Crippen LogP contribution in [0.5, 0.6) is 0 Å². The van der Waals surface area contributed by atoms with E-state index in [9.17, 15) is 0 Å². The summed E-state index contributed by atoms with van der Waals surface area (Å²) in [6.45, 7) is 6.92. The monoisotopic (exact) mass is 162 g/mol. The Kier molecular flexibility index (Phi) is 60.8. The van der Waals surface area contributed by atoms with E-state index < -0.39 is 0 Å². The fourth-order valence-electron chi connectivity index (χ4n) is 0. The summed E-state index contributed by atoms with van der Waals surface area (Å²) < 4.78 is 6.08. The molecule has 0 aromatic heterocycles. The average Bonchev–Trinajstić information content (AvgIpc) is 1.39. The van der Waals surface area contributed by atoms with Crippen LogP contribution in [0.3, 0.4) is 0 Å². The summed E-state index contributed by atoms with van der Waals surface area (Å²) in [6, 6.07) is 0. The van der Waals surface area contributed by atoms with Crippen molar-refractivity contribution in [1.29, 1.82) is 0 Å². The molecule has 0 saturated carbocycles. The molecule has 1 heteroatoms. The molecule has 0 unspecified atom stereocenters. The van der Waals surface area contributed by atoms with Gasteiger partial charge in [-0.25, -0.2) is 1.37 Å². The van der Waals surface area contributed by atoms with Crippen LogP contribution >= 0.6 is 0 Å². The Balaban J connectivity index is -0.0000000400. The van der Waals surface area contributed by atoms with Crippen molar-refractivity contribution in [1.82, 2.24) is 0 Å². The first kappa shape index (κ1) is 10.2. The van der Waals surface area contributed by atoms with Crippen LogP contribution in [0.4, 0.5) is 0 Å². The molecular formula is C5H12Y-2. The molecule has 0 atom stereocenters. The zero-order valence-electron chi connectivity index (χ0n) is 5.73. The molecule has 0 aliphatic rings. The van der Waals surface area contributed by atoms with Gasteiger partial charge in [0.1, 0.15) is 0 Å². The fraction of sp³-hybridized carbons (Fsp3) is 0.600. The van der Waals surface area contributed by atoms with Crippen LogP contribution in [0.25, 0.3) is 0 Å². The van der Waals surface area contributed by atoms with Crippen LogP contribution < -0.4 is 0 Å². The molecule has 0 amide bonds. The van der Waals surface area contributed by atoms with Crippen LogP contribution in [0.15, 0.2) is 0 Å². The van der Waals surface area contributed by atoms with Crippen molar-refractivity contribution in [2.24, 2.45) is 0 Å². The quantitative estimate of drug-likeness (QED) is 0.478. The zero-order chi connectivity index (χ0) is 5.41. The summed E-state index contributed by atoms with van der Waals surface area (Å²) in [6.07, 6.45) is 2.00. The zero-order valence-corrected chi connectivity index (χ0v) is 7.57. The SMILES string of the molecule is C[CH-]C.[2H][CH-]C.[Y]. The van der Waals surface area contributed by atoms with Gasteiger partial charge in [-0.2, -0.15) is 20.8 Å². The number of hydrogen-bond acceptors (Lipinski definition) is 0. The van der Waals surface area contributed by atoms with E-state index in [4.69, 9.17) is 1.37 Å². The van der Waals surface area contributed by atoms with Gasteiger partial charge in [0.25, 0.3) is 0 Å². The first-order valence-corrected chi connectivity index (χ1v) is 1.73. The molecule has 0 fully saturated rings. The van der Waals surface area contributed by atoms with Crippen LogP contribution in [0.1, 0.15) is 22.1 Å². The maximum Gasteiger partial charge on any atom is 0 e. The van der Waals surface area contributed by atoms with Crippen LogP contribution in [0, 0.1) is 13.3 Å². The number of hydrogen-bond donors (Lipinski definition) is 0. The van der Waals surface area contributed by atoms with E-state index >= 15 is 0 Å². The second-order valence-electron chi connectivity index (χ2n) is 0.577. The average molecular weight is 162 g/mol. The van der Waals surface area contributed by atoms with Crippen molar-refractivity contribution in [2.45, 2.75) is 20.8 Å². The van der Waals surface area contributed by atoms with E-state index in [1.54, 1.807) is 6.92 Å². The van der Waals surface area contributed by atoms with Gasteiger partial charge in [-0.15, -0.1) is 0 Å². The molecule has 0 bridgehead atoms. The van der Waals surface area contributed by atoms with E-state index in [-0.39, 0.29) is 32.7 Å². The normalized spacial score (nSPS) is 6.17. The predicted molar refractivity (Wildman–Crippen MR) is 26.7 cm³/mol. The standard InChI is InChI=1S/C3H7.C2H5.Y/c1-3-2;1-2;/h3H,1-2H3;1H2,2H3;/q2*-1;/i;1D;. The van der Waals surface area contributed by atoms with Gasteiger partial charge in [0, 0.05) is 32.7 Å². The third-order valence-electron chi connectivity index (χ3n) is 0. The molecule has 37 valence electrons. The molecule has 0 saturated heterocycles. The maximum absolute atomic E-state index is 6.08. The Morgan fingerprint density at radius 2 is 1.67 bits per heavy atom. The molecular weight excluding hydrogens is 149 g/mol. The summed E-state index contributed by atoms with van der Waals surface area (Å²) in [7, 11) is 0. The number of rotatable bonds is 0. The molecule has 0 nitrogen and oxygen atoms in total. The molecule has 0 heterocycles. The summed E-state index contributed by atoms with van der Waals surface area (Å²) in [4.78, 5) is 0. The summed E-state index contributed by atoms with van der Waals surface area (Å²) >= 11 is 0. The van der Waals surface area contributed by atoms with Crippen LogP contribution in [-0.4, -0.2) is 0 Å². The van der Waals surface area contributed by atoms with Crippen molar-refractivity contribution < 1.29 is 34.1 Å². The minimum Gasteiger partial charge on any atom is -0.346 e. The first-order valence-electron chi connectivity index (χ1n) is 2.31. The van der Waals surface area contributed by atoms with Crippen molar-refractivity contribution in [3.05, 3.63) is 13.3 Å². The van der Waals surface area contributed by atoms with E-state index in [1.165, 1.54) is 6.90 Å². The largest absolute Gasteiger partial charge is 0.346 e. The van der Waals surface area contributed by atoms with Crippen LogP contribution in [0.2, 0.25) is 0 Å². The fourth-order valence-corrected chi connectivity index (χ4v) is 0. The van der Waals surface area contributed by atoms with E-state index in [2.05, 4.69) is 0 Å². The van der Waals surface area contributed by atoms with Gasteiger partial charge in [-0.3, -0.25) is 0 Å². The van der Waals surface area contributed by atoms with Gasteiger partial charge in [0.05, 0.1) is 0 Å². The molecule has 0 aromatic carbocycles. The summed E-state index contributed by atoms with van der Waals surface area (Å²) in [5, 5.41) is 0.